The number of nitrogens with one attached hydrogen (secondary N) is 1. The van der Waals surface area contributed by atoms with Crippen LogP contribution in [-0.4, -0.2) is 22.7 Å². The van der Waals surface area contributed by atoms with Crippen LogP contribution in [0.2, 0.25) is 0 Å². The summed E-state index contributed by atoms with van der Waals surface area (Å²) in [6.07, 6.45) is 12.7. The van der Waals surface area contributed by atoms with Crippen LogP contribution in [0.1, 0.15) is 81.5 Å². The van der Waals surface area contributed by atoms with Crippen molar-refractivity contribution in [3.05, 3.63) is 23.8 Å². The van der Waals surface area contributed by atoms with Gasteiger partial charge >= 0.3 is 0 Å². The molecule has 0 aliphatic carbocycles. The SMILES string of the molecule is CCCCCCCCCCCCNC(=O)c1ccc(O)c(O)c1. The van der Waals surface area contributed by atoms with Gasteiger partial charge in [-0.25, -0.2) is 0 Å². The molecule has 4 heteroatoms. The maximum atomic E-state index is 11.9. The van der Waals surface area contributed by atoms with Crippen molar-refractivity contribution in [3.63, 3.8) is 0 Å². The second-order valence-electron chi connectivity index (χ2n) is 6.14. The van der Waals surface area contributed by atoms with Gasteiger partial charge in [-0.1, -0.05) is 64.7 Å². The highest BCUT2D eigenvalue weighted by atomic mass is 16.3. The van der Waals surface area contributed by atoms with Crippen molar-refractivity contribution in [2.45, 2.75) is 71.1 Å². The summed E-state index contributed by atoms with van der Waals surface area (Å²) in [7, 11) is 0. The van der Waals surface area contributed by atoms with Gasteiger partial charge in [0.2, 0.25) is 0 Å². The van der Waals surface area contributed by atoms with Gasteiger partial charge in [0.05, 0.1) is 0 Å². The van der Waals surface area contributed by atoms with Crippen molar-refractivity contribution in [2.75, 3.05) is 6.54 Å². The van der Waals surface area contributed by atoms with E-state index in [1.807, 2.05) is 0 Å². The Morgan fingerprint density at radius 3 is 2.00 bits per heavy atom. The second kappa shape index (κ2) is 11.8. The fourth-order valence-electron chi connectivity index (χ4n) is 2.58. The Balaban J connectivity index is 2.00. The Bertz CT molecular complexity index is 460. The molecule has 1 aromatic rings. The Morgan fingerprint density at radius 2 is 1.43 bits per heavy atom. The van der Waals surface area contributed by atoms with Crippen molar-refractivity contribution < 1.29 is 15.0 Å². The van der Waals surface area contributed by atoms with E-state index in [2.05, 4.69) is 12.2 Å². The molecule has 23 heavy (non-hydrogen) atoms. The summed E-state index contributed by atoms with van der Waals surface area (Å²) in [4.78, 5) is 11.9. The molecule has 0 spiro atoms. The first kappa shape index (κ1) is 19.3. The van der Waals surface area contributed by atoms with Gasteiger partial charge in [0.15, 0.2) is 11.5 Å². The molecule has 1 aromatic carbocycles. The molecular formula is C19H31NO3. The lowest BCUT2D eigenvalue weighted by Crippen LogP contribution is -2.24. The lowest BCUT2D eigenvalue weighted by molar-refractivity contribution is 0.0952. The molecule has 0 atom stereocenters. The van der Waals surface area contributed by atoms with Crippen molar-refractivity contribution in [1.29, 1.82) is 0 Å². The summed E-state index contributed by atoms with van der Waals surface area (Å²) in [6, 6.07) is 4.11. The van der Waals surface area contributed by atoms with Crippen LogP contribution in [0.5, 0.6) is 11.5 Å². The molecule has 130 valence electrons. The van der Waals surface area contributed by atoms with Crippen LogP contribution < -0.4 is 5.32 Å². The van der Waals surface area contributed by atoms with Crippen LogP contribution in [0, 0.1) is 0 Å². The van der Waals surface area contributed by atoms with E-state index < -0.39 is 0 Å². The van der Waals surface area contributed by atoms with Crippen LogP contribution in [-0.2, 0) is 0 Å². The lowest BCUT2D eigenvalue weighted by Gasteiger charge is -2.06. The number of hydrogen-bond acceptors (Lipinski definition) is 3. The minimum Gasteiger partial charge on any atom is -0.504 e. The van der Waals surface area contributed by atoms with E-state index in [1.165, 1.54) is 69.6 Å². The summed E-state index contributed by atoms with van der Waals surface area (Å²) in [5, 5.41) is 21.4. The van der Waals surface area contributed by atoms with E-state index in [0.717, 1.165) is 12.8 Å². The van der Waals surface area contributed by atoms with E-state index in [0.29, 0.717) is 12.1 Å². The average molecular weight is 321 g/mol. The summed E-state index contributed by atoms with van der Waals surface area (Å²) >= 11 is 0. The number of rotatable bonds is 12. The molecule has 0 radical (unpaired) electrons. The first-order chi connectivity index (χ1) is 11.1. The highest BCUT2D eigenvalue weighted by Crippen LogP contribution is 2.24. The number of benzene rings is 1. The molecule has 0 unspecified atom stereocenters. The molecular weight excluding hydrogens is 290 g/mol. The highest BCUT2D eigenvalue weighted by molar-refractivity contribution is 5.94. The predicted octanol–water partition coefficient (Wildman–Crippen LogP) is 4.75. The van der Waals surface area contributed by atoms with Crippen molar-refractivity contribution in [1.82, 2.24) is 5.32 Å². The second-order valence-corrected chi connectivity index (χ2v) is 6.14. The molecule has 0 fully saturated rings. The zero-order valence-electron chi connectivity index (χ0n) is 14.3. The maximum absolute atomic E-state index is 11.9. The zero-order chi connectivity index (χ0) is 16.9. The molecule has 1 amide bonds. The number of carbonyl (C=O) groups is 1. The van der Waals surface area contributed by atoms with Gasteiger partial charge in [-0.05, 0) is 24.6 Å². The van der Waals surface area contributed by atoms with Crippen molar-refractivity contribution >= 4 is 5.91 Å². The first-order valence-corrected chi connectivity index (χ1v) is 8.95. The largest absolute Gasteiger partial charge is 0.504 e. The number of phenols is 2. The van der Waals surface area contributed by atoms with Crippen LogP contribution >= 0.6 is 0 Å². The zero-order valence-corrected chi connectivity index (χ0v) is 14.3. The van der Waals surface area contributed by atoms with E-state index in [-0.39, 0.29) is 17.4 Å². The van der Waals surface area contributed by atoms with Gasteiger partial charge in [0.25, 0.3) is 5.91 Å². The van der Waals surface area contributed by atoms with Gasteiger partial charge in [-0.2, -0.15) is 0 Å². The average Bonchev–Trinajstić information content (AvgIpc) is 2.55. The van der Waals surface area contributed by atoms with E-state index in [1.54, 1.807) is 0 Å². The number of aromatic hydroxyl groups is 2. The summed E-state index contributed by atoms with van der Waals surface area (Å²) in [5.41, 5.74) is 0.368. The van der Waals surface area contributed by atoms with Crippen molar-refractivity contribution in [2.24, 2.45) is 0 Å². The quantitative estimate of drug-likeness (QED) is 0.384. The number of unbranched alkanes of at least 4 members (excludes halogenated alkanes) is 9. The summed E-state index contributed by atoms with van der Waals surface area (Å²) in [6.45, 7) is 2.89. The number of hydrogen-bond donors (Lipinski definition) is 3. The molecule has 0 saturated carbocycles. The minimum absolute atomic E-state index is 0.212. The summed E-state index contributed by atoms with van der Waals surface area (Å²) in [5.74, 6) is -0.691. The first-order valence-electron chi connectivity index (χ1n) is 8.95. The Hall–Kier alpha value is -1.71. The molecule has 4 nitrogen and oxygen atoms in total. The van der Waals surface area contributed by atoms with Gasteiger partial charge < -0.3 is 15.5 Å². The third-order valence-corrected chi connectivity index (χ3v) is 4.05. The smallest absolute Gasteiger partial charge is 0.251 e. The molecule has 0 aromatic heterocycles. The van der Waals surface area contributed by atoms with Crippen LogP contribution in [0.4, 0.5) is 0 Å². The van der Waals surface area contributed by atoms with Gasteiger partial charge in [0.1, 0.15) is 0 Å². The third-order valence-electron chi connectivity index (χ3n) is 4.05. The standard InChI is InChI=1S/C19H31NO3/c1-2-3-4-5-6-7-8-9-10-11-14-20-19(23)16-12-13-17(21)18(22)15-16/h12-13,15,21-22H,2-11,14H2,1H3,(H,20,23). The van der Waals surface area contributed by atoms with Crippen LogP contribution in [0.15, 0.2) is 18.2 Å². The van der Waals surface area contributed by atoms with Crippen LogP contribution in [0.25, 0.3) is 0 Å². The lowest BCUT2D eigenvalue weighted by atomic mass is 10.1. The van der Waals surface area contributed by atoms with Crippen molar-refractivity contribution in [3.8, 4) is 11.5 Å². The normalized spacial score (nSPS) is 10.7. The predicted molar refractivity (Wildman–Crippen MR) is 93.9 cm³/mol. The number of amides is 1. The monoisotopic (exact) mass is 321 g/mol. The maximum Gasteiger partial charge on any atom is 0.251 e. The fraction of sp³-hybridized carbons (Fsp3) is 0.632. The molecule has 0 aliphatic rings. The van der Waals surface area contributed by atoms with E-state index in [9.17, 15) is 15.0 Å². The number of carbonyl (C=O) groups excluding carboxylic acids is 1. The molecule has 0 bridgehead atoms. The van der Waals surface area contributed by atoms with Gasteiger partial charge in [0, 0.05) is 12.1 Å². The molecule has 1 rings (SSSR count). The number of phenolic OH excluding ortho intramolecular Hbond substituents is 2. The molecule has 0 heterocycles. The molecule has 0 aliphatic heterocycles. The molecule has 0 saturated heterocycles. The Morgan fingerprint density at radius 1 is 0.870 bits per heavy atom. The topological polar surface area (TPSA) is 69.6 Å². The van der Waals surface area contributed by atoms with Gasteiger partial charge in [-0.3, -0.25) is 4.79 Å². The third kappa shape index (κ3) is 8.48. The van der Waals surface area contributed by atoms with E-state index >= 15 is 0 Å². The summed E-state index contributed by atoms with van der Waals surface area (Å²) < 4.78 is 0. The van der Waals surface area contributed by atoms with Gasteiger partial charge in [-0.15, -0.1) is 0 Å². The fourth-order valence-corrected chi connectivity index (χ4v) is 2.58. The van der Waals surface area contributed by atoms with E-state index in [4.69, 9.17) is 0 Å². The van der Waals surface area contributed by atoms with Crippen LogP contribution in [0.3, 0.4) is 0 Å². The Labute approximate surface area is 139 Å². The highest BCUT2D eigenvalue weighted by Gasteiger charge is 2.07. The Kier molecular flexibility index (Phi) is 9.92. The molecule has 3 N–H and O–H groups in total. The minimum atomic E-state index is -0.267.